The molecule has 2 aromatic carbocycles. The second kappa shape index (κ2) is 12.0. The quantitative estimate of drug-likeness (QED) is 0.288. The molecule has 1 atom stereocenters. The number of fused-ring (bicyclic) bond motifs is 1. The summed E-state index contributed by atoms with van der Waals surface area (Å²) in [5.74, 6) is -0.488. The zero-order valence-electron chi connectivity index (χ0n) is 23.2. The summed E-state index contributed by atoms with van der Waals surface area (Å²) in [5, 5.41) is 10.3. The fraction of sp³-hybridized carbons (Fsp3) is 0.300. The number of carbonyl (C=O) groups is 3. The molecule has 2 aromatic heterocycles. The van der Waals surface area contributed by atoms with Crippen LogP contribution in [-0.2, 0) is 20.7 Å². The second-order valence-corrected chi connectivity index (χ2v) is 10.2. The number of amides is 2. The van der Waals surface area contributed by atoms with E-state index in [1.165, 1.54) is 0 Å². The topological polar surface area (TPSA) is 124 Å². The van der Waals surface area contributed by atoms with E-state index in [2.05, 4.69) is 20.7 Å². The van der Waals surface area contributed by atoms with Crippen LogP contribution in [0, 0.1) is 0 Å². The summed E-state index contributed by atoms with van der Waals surface area (Å²) in [6, 6.07) is 17.7. The number of carbonyl (C=O) groups excluding carboxylic acids is 3. The number of rotatable bonds is 8. The maximum atomic E-state index is 13.5. The first-order valence-electron chi connectivity index (χ1n) is 13.0. The van der Waals surface area contributed by atoms with Gasteiger partial charge in [-0.3, -0.25) is 9.59 Å². The lowest BCUT2D eigenvalue weighted by Crippen LogP contribution is -2.34. The van der Waals surface area contributed by atoms with Crippen LogP contribution >= 0.6 is 0 Å². The Hall–Kier alpha value is -4.73. The zero-order chi connectivity index (χ0) is 28.9. The van der Waals surface area contributed by atoms with Crippen LogP contribution < -0.4 is 10.6 Å². The van der Waals surface area contributed by atoms with Crippen molar-refractivity contribution in [3.8, 4) is 11.4 Å². The van der Waals surface area contributed by atoms with E-state index in [1.807, 2.05) is 31.2 Å². The van der Waals surface area contributed by atoms with Crippen molar-refractivity contribution in [1.29, 1.82) is 0 Å². The molecule has 2 N–H and O–H groups in total. The van der Waals surface area contributed by atoms with Gasteiger partial charge in [0.15, 0.2) is 11.5 Å². The van der Waals surface area contributed by atoms with Crippen LogP contribution in [0.1, 0.15) is 62.3 Å². The molecule has 0 aliphatic heterocycles. The molecule has 0 bridgehead atoms. The second-order valence-electron chi connectivity index (χ2n) is 10.2. The Morgan fingerprint density at radius 1 is 1.02 bits per heavy atom. The van der Waals surface area contributed by atoms with Gasteiger partial charge in [-0.1, -0.05) is 36.4 Å². The largest absolute Gasteiger partial charge is 0.466 e. The highest BCUT2D eigenvalue weighted by atomic mass is 16.6. The van der Waals surface area contributed by atoms with E-state index in [9.17, 15) is 14.4 Å². The Bertz CT molecular complexity index is 1540. The molecule has 0 saturated carbocycles. The minimum Gasteiger partial charge on any atom is -0.466 e. The van der Waals surface area contributed by atoms with E-state index < -0.39 is 17.6 Å². The Labute approximate surface area is 232 Å². The molecule has 1 unspecified atom stereocenters. The van der Waals surface area contributed by atoms with Gasteiger partial charge in [0.25, 0.3) is 5.91 Å². The Morgan fingerprint density at radius 3 is 2.55 bits per heavy atom. The number of nitrogens with one attached hydrogen (secondary N) is 2. The van der Waals surface area contributed by atoms with Crippen LogP contribution in [-0.4, -0.2) is 44.8 Å². The SMILES string of the molecule is CCOC(=O)Cc1ccccc1NC(=O)c1nc(-c2cccc(C(C)NC(=O)OC(C)(C)C)c2)nn2cccc12. The molecule has 10 nitrogen and oxygen atoms in total. The summed E-state index contributed by atoms with van der Waals surface area (Å²) < 4.78 is 12.0. The number of para-hydroxylation sites is 1. The number of ether oxygens (including phenoxy) is 2. The summed E-state index contributed by atoms with van der Waals surface area (Å²) in [6.07, 6.45) is 1.25. The van der Waals surface area contributed by atoms with Crippen LogP contribution in [0.15, 0.2) is 66.9 Å². The van der Waals surface area contributed by atoms with Gasteiger partial charge in [0.2, 0.25) is 0 Å². The van der Waals surface area contributed by atoms with Gasteiger partial charge in [0.05, 0.1) is 24.6 Å². The van der Waals surface area contributed by atoms with Gasteiger partial charge in [-0.15, -0.1) is 5.10 Å². The highest BCUT2D eigenvalue weighted by molar-refractivity contribution is 6.08. The van der Waals surface area contributed by atoms with Gasteiger partial charge < -0.3 is 20.1 Å². The zero-order valence-corrected chi connectivity index (χ0v) is 23.2. The Kier molecular flexibility index (Phi) is 8.47. The lowest BCUT2D eigenvalue weighted by atomic mass is 10.0. The third kappa shape index (κ3) is 7.02. The number of alkyl carbamates (subject to hydrolysis) is 1. The number of esters is 1. The molecular formula is C30H33N5O5. The molecule has 0 saturated heterocycles. The number of hydrogen-bond acceptors (Lipinski definition) is 7. The van der Waals surface area contributed by atoms with Crippen LogP contribution in [0.4, 0.5) is 10.5 Å². The Balaban J connectivity index is 1.62. The molecule has 0 fully saturated rings. The maximum Gasteiger partial charge on any atom is 0.408 e. The maximum absolute atomic E-state index is 13.5. The third-order valence-electron chi connectivity index (χ3n) is 5.89. The summed E-state index contributed by atoms with van der Waals surface area (Å²) in [5.41, 5.74) is 2.71. The molecule has 10 heteroatoms. The van der Waals surface area contributed by atoms with Crippen molar-refractivity contribution in [1.82, 2.24) is 19.9 Å². The molecule has 0 radical (unpaired) electrons. The van der Waals surface area contributed by atoms with Gasteiger partial charge in [0.1, 0.15) is 5.60 Å². The number of anilines is 1. The average Bonchev–Trinajstić information content (AvgIpc) is 3.37. The first kappa shape index (κ1) is 28.3. The van der Waals surface area contributed by atoms with Gasteiger partial charge >= 0.3 is 12.1 Å². The molecule has 208 valence electrons. The summed E-state index contributed by atoms with van der Waals surface area (Å²) >= 11 is 0. The van der Waals surface area contributed by atoms with Gasteiger partial charge in [-0.2, -0.15) is 0 Å². The first-order chi connectivity index (χ1) is 19.0. The van der Waals surface area contributed by atoms with Crippen LogP contribution in [0.25, 0.3) is 16.9 Å². The summed E-state index contributed by atoms with van der Waals surface area (Å²) in [4.78, 5) is 42.4. The summed E-state index contributed by atoms with van der Waals surface area (Å²) in [7, 11) is 0. The fourth-order valence-corrected chi connectivity index (χ4v) is 4.08. The molecule has 0 aliphatic carbocycles. The van der Waals surface area contributed by atoms with Gasteiger partial charge in [0, 0.05) is 17.4 Å². The number of hydrogen-bond donors (Lipinski definition) is 2. The monoisotopic (exact) mass is 543 g/mol. The van der Waals surface area contributed by atoms with Crippen LogP contribution in [0.2, 0.25) is 0 Å². The van der Waals surface area contributed by atoms with Crippen LogP contribution in [0.5, 0.6) is 0 Å². The molecule has 0 aliphatic rings. The molecule has 40 heavy (non-hydrogen) atoms. The average molecular weight is 544 g/mol. The lowest BCUT2D eigenvalue weighted by Gasteiger charge is -2.22. The summed E-state index contributed by atoms with van der Waals surface area (Å²) in [6.45, 7) is 9.29. The van der Waals surface area contributed by atoms with Crippen molar-refractivity contribution < 1.29 is 23.9 Å². The Morgan fingerprint density at radius 2 is 1.80 bits per heavy atom. The molecule has 4 rings (SSSR count). The minimum atomic E-state index is -0.609. The molecule has 2 heterocycles. The highest BCUT2D eigenvalue weighted by Gasteiger charge is 2.21. The van der Waals surface area contributed by atoms with E-state index in [4.69, 9.17) is 9.47 Å². The molecular weight excluding hydrogens is 510 g/mol. The van der Waals surface area contributed by atoms with Gasteiger partial charge in [-0.25, -0.2) is 14.3 Å². The smallest absolute Gasteiger partial charge is 0.408 e. The van der Waals surface area contributed by atoms with E-state index >= 15 is 0 Å². The molecule has 2 amide bonds. The van der Waals surface area contributed by atoms with Crippen molar-refractivity contribution in [2.75, 3.05) is 11.9 Å². The molecule has 4 aromatic rings. The number of aromatic nitrogens is 3. The highest BCUT2D eigenvalue weighted by Crippen LogP contribution is 2.24. The van der Waals surface area contributed by atoms with Crippen molar-refractivity contribution in [3.05, 3.63) is 83.7 Å². The number of nitrogens with zero attached hydrogens (tertiary/aromatic N) is 3. The van der Waals surface area contributed by atoms with E-state index in [0.29, 0.717) is 28.2 Å². The van der Waals surface area contributed by atoms with E-state index in [0.717, 1.165) is 5.56 Å². The minimum absolute atomic E-state index is 0.0299. The first-order valence-corrected chi connectivity index (χ1v) is 13.0. The third-order valence-corrected chi connectivity index (χ3v) is 5.89. The fourth-order valence-electron chi connectivity index (χ4n) is 4.08. The van der Waals surface area contributed by atoms with E-state index in [1.54, 1.807) is 74.8 Å². The van der Waals surface area contributed by atoms with Crippen molar-refractivity contribution in [2.24, 2.45) is 0 Å². The van der Waals surface area contributed by atoms with Crippen LogP contribution in [0.3, 0.4) is 0 Å². The predicted molar refractivity (Wildman–Crippen MR) is 151 cm³/mol. The number of benzene rings is 2. The lowest BCUT2D eigenvalue weighted by molar-refractivity contribution is -0.142. The van der Waals surface area contributed by atoms with Gasteiger partial charge in [-0.05, 0) is 70.0 Å². The predicted octanol–water partition coefficient (Wildman–Crippen LogP) is 5.34. The van der Waals surface area contributed by atoms with E-state index in [-0.39, 0.29) is 30.7 Å². The van der Waals surface area contributed by atoms with Crippen molar-refractivity contribution in [3.63, 3.8) is 0 Å². The normalized spacial score (nSPS) is 12.0. The van der Waals surface area contributed by atoms with Crippen molar-refractivity contribution in [2.45, 2.75) is 52.7 Å². The molecule has 0 spiro atoms. The standard InChI is InChI=1S/C30H33N5O5/c1-6-39-25(36)18-21-11-7-8-14-23(21)32-28(37)26-24-15-10-16-35(24)34-27(33-26)22-13-9-12-20(17-22)19(2)31-29(38)40-30(3,4)5/h7-17,19H,6,18H2,1-5H3,(H,31,38)(H,32,37). The van der Waals surface area contributed by atoms with Crippen molar-refractivity contribution >= 4 is 29.2 Å².